The number of nitrogens with zero attached hydrogens (tertiary/aromatic N) is 3. The largest absolute Gasteiger partial charge is 0.280 e. The van der Waals surface area contributed by atoms with Gasteiger partial charge in [0.05, 0.1) is 21.2 Å². The number of amidine groups is 1. The minimum absolute atomic E-state index is 0.0267. The molecule has 0 N–H and O–H groups in total. The predicted octanol–water partition coefficient (Wildman–Crippen LogP) is 5.69. The molecule has 0 saturated carbocycles. The highest BCUT2D eigenvalue weighted by Gasteiger charge is 2.45. The van der Waals surface area contributed by atoms with E-state index < -0.39 is 20.0 Å². The lowest BCUT2D eigenvalue weighted by Gasteiger charge is -2.29. The van der Waals surface area contributed by atoms with Gasteiger partial charge in [0.25, 0.3) is 20.0 Å². The molecule has 0 unspecified atom stereocenters. The molecule has 0 aromatic heterocycles. The molecule has 0 fully saturated rings. The number of halogens is 3. The summed E-state index contributed by atoms with van der Waals surface area (Å²) in [4.78, 5) is 3.72. The minimum Gasteiger partial charge on any atom is -0.223 e. The first kappa shape index (κ1) is 23.9. The lowest BCUT2D eigenvalue weighted by atomic mass is 10.2. The molecular weight excluding hydrogens is 549 g/mol. The second-order valence-electron chi connectivity index (χ2n) is 6.52. The first-order chi connectivity index (χ1) is 15.5. The number of thioether (sulfide) groups is 1. The van der Waals surface area contributed by atoms with Crippen LogP contribution in [0.2, 0.25) is 15.1 Å². The van der Waals surface area contributed by atoms with Gasteiger partial charge in [0.2, 0.25) is 0 Å². The molecule has 168 valence electrons. The first-order valence-electron chi connectivity index (χ1n) is 8.86. The van der Waals surface area contributed by atoms with Crippen LogP contribution in [0, 0.1) is 11.3 Å². The van der Waals surface area contributed by atoms with Gasteiger partial charge >= 0.3 is 0 Å². The van der Waals surface area contributed by atoms with E-state index in [0.29, 0.717) is 5.02 Å². The van der Waals surface area contributed by atoms with E-state index in [4.69, 9.17) is 34.8 Å². The van der Waals surface area contributed by atoms with E-state index in [-0.39, 0.29) is 44.9 Å². The summed E-state index contributed by atoms with van der Waals surface area (Å²) in [6.07, 6.45) is 0. The van der Waals surface area contributed by atoms with Crippen molar-refractivity contribution < 1.29 is 16.8 Å². The van der Waals surface area contributed by atoms with Crippen LogP contribution < -0.4 is 0 Å². The van der Waals surface area contributed by atoms with Crippen LogP contribution in [-0.4, -0.2) is 25.7 Å². The zero-order valence-corrected chi connectivity index (χ0v) is 20.8. The van der Waals surface area contributed by atoms with E-state index in [0.717, 1.165) is 17.8 Å². The summed E-state index contributed by atoms with van der Waals surface area (Å²) in [5, 5.41) is 9.66. The lowest BCUT2D eigenvalue weighted by Crippen LogP contribution is -2.42. The van der Waals surface area contributed by atoms with Crippen molar-refractivity contribution in [3.05, 3.63) is 81.3 Å². The number of benzene rings is 3. The van der Waals surface area contributed by atoms with Gasteiger partial charge in [-0.15, -0.1) is 3.71 Å². The Morgan fingerprint density at radius 3 is 2.09 bits per heavy atom. The highest BCUT2D eigenvalue weighted by atomic mass is 35.5. The summed E-state index contributed by atoms with van der Waals surface area (Å²) in [6.45, 7) is 0. The number of rotatable bonds is 3. The summed E-state index contributed by atoms with van der Waals surface area (Å²) >= 11 is 18.6. The fourth-order valence-electron chi connectivity index (χ4n) is 2.85. The second-order valence-corrected chi connectivity index (χ2v) is 12.6. The number of sulfonamides is 2. The molecule has 0 amide bonds. The smallest absolute Gasteiger partial charge is 0.223 e. The molecule has 1 heterocycles. The Bertz CT molecular complexity index is 1550. The molecule has 0 radical (unpaired) electrons. The van der Waals surface area contributed by atoms with E-state index in [9.17, 15) is 22.1 Å². The van der Waals surface area contributed by atoms with E-state index in [1.165, 1.54) is 54.6 Å². The normalized spacial score (nSPS) is 16.3. The molecule has 3 aromatic rings. The Labute approximate surface area is 209 Å². The zero-order chi connectivity index (χ0) is 24.0. The fraction of sp³-hybridized carbons (Fsp3) is 0. The van der Waals surface area contributed by atoms with Crippen molar-refractivity contribution in [1.29, 1.82) is 5.26 Å². The highest BCUT2D eigenvalue weighted by Crippen LogP contribution is 2.43. The Morgan fingerprint density at radius 1 is 0.939 bits per heavy atom. The predicted molar refractivity (Wildman–Crippen MR) is 128 cm³/mol. The van der Waals surface area contributed by atoms with Gasteiger partial charge in [-0.05, 0) is 72.4 Å². The van der Waals surface area contributed by atoms with Crippen molar-refractivity contribution in [3.63, 3.8) is 0 Å². The number of fused-ring (bicyclic) bond motifs is 1. The third kappa shape index (κ3) is 4.45. The third-order valence-corrected chi connectivity index (χ3v) is 10.7. The number of hydrogen-bond acceptors (Lipinski definition) is 7. The Kier molecular flexibility index (Phi) is 6.39. The minimum atomic E-state index is -4.70. The monoisotopic (exact) mass is 557 g/mol. The van der Waals surface area contributed by atoms with Crippen molar-refractivity contribution in [3.8, 4) is 6.07 Å². The van der Waals surface area contributed by atoms with Crippen LogP contribution in [0.1, 0.15) is 5.56 Å². The van der Waals surface area contributed by atoms with Crippen molar-refractivity contribution in [2.75, 3.05) is 0 Å². The first-order valence-corrected chi connectivity index (χ1v) is 13.7. The summed E-state index contributed by atoms with van der Waals surface area (Å²) < 4.78 is 54.4. The van der Waals surface area contributed by atoms with Gasteiger partial charge in [-0.3, -0.25) is 0 Å². The van der Waals surface area contributed by atoms with Gasteiger partial charge < -0.3 is 0 Å². The molecule has 0 atom stereocenters. The van der Waals surface area contributed by atoms with Gasteiger partial charge in [0.1, 0.15) is 11.0 Å². The quantitative estimate of drug-likeness (QED) is 0.409. The van der Waals surface area contributed by atoms with Crippen LogP contribution in [0.25, 0.3) is 0 Å². The maximum atomic E-state index is 13.6. The van der Waals surface area contributed by atoms with Crippen molar-refractivity contribution >= 4 is 77.5 Å². The van der Waals surface area contributed by atoms with Gasteiger partial charge in [0, 0.05) is 14.9 Å². The average Bonchev–Trinajstić information content (AvgIpc) is 2.74. The summed E-state index contributed by atoms with van der Waals surface area (Å²) in [6, 6.07) is 15.3. The molecule has 0 bridgehead atoms. The van der Waals surface area contributed by atoms with Gasteiger partial charge in [-0.25, -0.2) is 4.99 Å². The molecule has 1 aliphatic heterocycles. The maximum absolute atomic E-state index is 13.6. The summed E-state index contributed by atoms with van der Waals surface area (Å²) in [5.74, 6) is 0. The van der Waals surface area contributed by atoms with Gasteiger partial charge in [0.15, 0.2) is 5.17 Å². The molecule has 13 heteroatoms. The standard InChI is InChI=1S/C20H10Cl3N3O4S3/c21-13-1-5-15(6-2-13)25-20-26(32(27,28)16-7-3-14(22)4-8-16)33(29,30)19-9-12(11-24)17(23)10-18(19)31-20/h1-10H. The van der Waals surface area contributed by atoms with Crippen molar-refractivity contribution in [1.82, 2.24) is 3.71 Å². The number of aliphatic imine (C=N–C) groups is 1. The van der Waals surface area contributed by atoms with Crippen LogP contribution in [0.15, 0.2) is 80.3 Å². The maximum Gasteiger partial charge on any atom is 0.280 e. The zero-order valence-electron chi connectivity index (χ0n) is 16.1. The average molecular weight is 559 g/mol. The fourth-order valence-corrected chi connectivity index (χ4v) is 8.84. The van der Waals surface area contributed by atoms with E-state index in [1.807, 2.05) is 0 Å². The molecule has 0 aliphatic carbocycles. The van der Waals surface area contributed by atoms with Gasteiger partial charge in [-0.2, -0.15) is 22.1 Å². The van der Waals surface area contributed by atoms with Crippen molar-refractivity contribution in [2.45, 2.75) is 14.7 Å². The Hall–Kier alpha value is -2.26. The van der Waals surface area contributed by atoms with Crippen LogP contribution in [0.5, 0.6) is 0 Å². The van der Waals surface area contributed by atoms with E-state index in [2.05, 4.69) is 4.99 Å². The molecule has 0 saturated heterocycles. The SMILES string of the molecule is N#Cc1cc2c(cc1Cl)SC(=Nc1ccc(Cl)cc1)N(S(=O)(=O)c1ccc(Cl)cc1)S2(=O)=O. The molecule has 4 rings (SSSR count). The number of hydrogen-bond donors (Lipinski definition) is 0. The summed E-state index contributed by atoms with van der Waals surface area (Å²) in [5.41, 5.74) is 0.165. The van der Waals surface area contributed by atoms with Crippen LogP contribution in [0.3, 0.4) is 0 Å². The van der Waals surface area contributed by atoms with Crippen LogP contribution in [0.4, 0.5) is 5.69 Å². The highest BCUT2D eigenvalue weighted by molar-refractivity contribution is 8.19. The molecule has 0 spiro atoms. The molecular formula is C20H10Cl3N3O4S3. The Balaban J connectivity index is 1.99. The topological polar surface area (TPSA) is 108 Å². The van der Waals surface area contributed by atoms with Gasteiger partial charge in [-0.1, -0.05) is 34.8 Å². The van der Waals surface area contributed by atoms with E-state index >= 15 is 0 Å². The van der Waals surface area contributed by atoms with Crippen molar-refractivity contribution in [2.24, 2.45) is 4.99 Å². The summed E-state index contributed by atoms with van der Waals surface area (Å²) in [7, 11) is -9.34. The molecule has 33 heavy (non-hydrogen) atoms. The van der Waals surface area contributed by atoms with E-state index in [1.54, 1.807) is 6.07 Å². The number of nitriles is 1. The Morgan fingerprint density at radius 2 is 1.52 bits per heavy atom. The third-order valence-electron chi connectivity index (χ3n) is 4.39. The van der Waals surface area contributed by atoms with Crippen LogP contribution >= 0.6 is 46.6 Å². The van der Waals surface area contributed by atoms with Crippen LogP contribution in [-0.2, 0) is 20.0 Å². The molecule has 3 aromatic carbocycles. The lowest BCUT2D eigenvalue weighted by molar-refractivity contribution is 0.545. The second kappa shape index (κ2) is 8.83. The molecule has 7 nitrogen and oxygen atoms in total. The molecule has 1 aliphatic rings.